The number of aryl methyl sites for hydroxylation is 1. The average Bonchev–Trinajstić information content (AvgIpc) is 3.34. The highest BCUT2D eigenvalue weighted by Crippen LogP contribution is 2.37. The Kier molecular flexibility index (Phi) is 5.81. The van der Waals surface area contributed by atoms with Crippen LogP contribution >= 0.6 is 22.9 Å². The minimum absolute atomic E-state index is 0.0748. The lowest BCUT2D eigenvalue weighted by molar-refractivity contribution is -0.126. The van der Waals surface area contributed by atoms with E-state index in [1.165, 1.54) is 17.7 Å². The van der Waals surface area contributed by atoms with Crippen LogP contribution < -0.4 is 5.32 Å². The van der Waals surface area contributed by atoms with Crippen molar-refractivity contribution >= 4 is 45.2 Å². The number of nitrogens with one attached hydrogen (secondary N) is 1. The molecule has 0 radical (unpaired) electrons. The second kappa shape index (κ2) is 8.74. The lowest BCUT2D eigenvalue weighted by Gasteiger charge is -2.25. The second-order valence-electron chi connectivity index (χ2n) is 7.83. The highest BCUT2D eigenvalue weighted by atomic mass is 35.5. The minimum atomic E-state index is -0.618. The highest BCUT2D eigenvalue weighted by Gasteiger charge is 2.31. The summed E-state index contributed by atoms with van der Waals surface area (Å²) < 4.78 is 11.6. The van der Waals surface area contributed by atoms with Crippen molar-refractivity contribution in [1.29, 1.82) is 0 Å². The van der Waals surface area contributed by atoms with Gasteiger partial charge in [0.25, 0.3) is 5.91 Å². The maximum Gasteiger partial charge on any atom is 0.417 e. The number of carbonyl (C=O) groups is 2. The number of hydrogen-bond acceptors (Lipinski definition) is 8. The fraction of sp³-hybridized carbons (Fsp3) is 0.364. The molecule has 0 bridgehead atoms. The summed E-state index contributed by atoms with van der Waals surface area (Å²) in [5.74, 6) is -0.340. The number of aromatic nitrogens is 2. The highest BCUT2D eigenvalue weighted by molar-refractivity contribution is 7.19. The van der Waals surface area contributed by atoms with Crippen molar-refractivity contribution < 1.29 is 19.1 Å². The van der Waals surface area contributed by atoms with Crippen LogP contribution in [-0.4, -0.2) is 59.3 Å². The van der Waals surface area contributed by atoms with Crippen molar-refractivity contribution in [2.24, 2.45) is 0 Å². The summed E-state index contributed by atoms with van der Waals surface area (Å²) >= 11 is 7.90. The summed E-state index contributed by atoms with van der Waals surface area (Å²) in [5, 5.41) is 4.01. The van der Waals surface area contributed by atoms with E-state index < -0.39 is 6.09 Å². The summed E-state index contributed by atoms with van der Waals surface area (Å²) in [6, 6.07) is 5.78. The van der Waals surface area contributed by atoms with Crippen LogP contribution in [0.5, 0.6) is 0 Å². The number of amides is 2. The number of carbonyl (C=O) groups excluding carboxylic acids is 2. The van der Waals surface area contributed by atoms with Gasteiger partial charge >= 0.3 is 6.09 Å². The molecule has 4 heterocycles. The number of fused-ring (bicyclic) bond motifs is 1. The average molecular weight is 473 g/mol. The van der Waals surface area contributed by atoms with E-state index in [1.807, 2.05) is 25.1 Å². The maximum atomic E-state index is 11.9. The maximum absolute atomic E-state index is 11.9. The lowest BCUT2D eigenvalue weighted by atomic mass is 9.94. The number of nitrogens with zero attached hydrogens (tertiary/aromatic N) is 3. The molecule has 8 nitrogen and oxygen atoms in total. The number of cyclic esters (lactones) is 1. The van der Waals surface area contributed by atoms with Crippen molar-refractivity contribution in [1.82, 2.24) is 20.2 Å². The number of rotatable bonds is 5. The van der Waals surface area contributed by atoms with E-state index in [9.17, 15) is 9.59 Å². The predicted molar refractivity (Wildman–Crippen MR) is 121 cm³/mol. The third kappa shape index (κ3) is 4.09. The van der Waals surface area contributed by atoms with E-state index in [1.54, 1.807) is 0 Å². The first kappa shape index (κ1) is 21.3. The molecule has 1 N–H and O–H groups in total. The Morgan fingerprint density at radius 2 is 2.16 bits per heavy atom. The van der Waals surface area contributed by atoms with Gasteiger partial charge in [0, 0.05) is 35.0 Å². The fourth-order valence-corrected chi connectivity index (χ4v) is 5.47. The molecule has 5 rings (SSSR count). The Balaban J connectivity index is 1.55. The van der Waals surface area contributed by atoms with Gasteiger partial charge in [0.15, 0.2) is 6.61 Å². The molecule has 2 fully saturated rings. The molecule has 166 valence electrons. The molecule has 2 aliphatic rings. The largest absolute Gasteiger partial charge is 0.439 e. The van der Waals surface area contributed by atoms with E-state index in [4.69, 9.17) is 21.1 Å². The third-order valence-electron chi connectivity index (χ3n) is 5.65. The lowest BCUT2D eigenvalue weighted by Crippen LogP contribution is -2.39. The van der Waals surface area contributed by atoms with Crippen molar-refractivity contribution in [3.05, 3.63) is 45.6 Å². The summed E-state index contributed by atoms with van der Waals surface area (Å²) in [4.78, 5) is 34.7. The van der Waals surface area contributed by atoms with Gasteiger partial charge in [-0.3, -0.25) is 4.79 Å². The van der Waals surface area contributed by atoms with Crippen LogP contribution in [0.15, 0.2) is 24.5 Å². The van der Waals surface area contributed by atoms with Gasteiger partial charge in [-0.25, -0.2) is 19.7 Å². The van der Waals surface area contributed by atoms with E-state index in [0.717, 1.165) is 61.9 Å². The molecule has 2 saturated heterocycles. The molecule has 0 saturated carbocycles. The van der Waals surface area contributed by atoms with Gasteiger partial charge in [0.1, 0.15) is 6.33 Å². The standard InChI is InChI=1S/C22H21ClN4O4S/c1-12-4-13(23)5-17(16(12)6-14-8-24-2-3-30-14)20-21-18(25-11-26-20)7-15(32-21)9-27-19(28)10-31-22(27)29/h4-5,7,11,14,24H,2-3,6,8-10H2,1H3. The Morgan fingerprint density at radius 1 is 1.28 bits per heavy atom. The van der Waals surface area contributed by atoms with Crippen molar-refractivity contribution in [3.8, 4) is 11.3 Å². The fourth-order valence-electron chi connectivity index (χ4n) is 4.10. The van der Waals surface area contributed by atoms with Gasteiger partial charge < -0.3 is 14.8 Å². The molecule has 1 aromatic carbocycles. The summed E-state index contributed by atoms with van der Waals surface area (Å²) in [7, 11) is 0. The number of benzene rings is 1. The summed E-state index contributed by atoms with van der Waals surface area (Å²) in [5.41, 5.74) is 4.70. The number of imide groups is 1. The van der Waals surface area contributed by atoms with Crippen molar-refractivity contribution in [2.75, 3.05) is 26.3 Å². The Morgan fingerprint density at radius 3 is 2.91 bits per heavy atom. The number of hydrogen-bond donors (Lipinski definition) is 1. The zero-order chi connectivity index (χ0) is 22.2. The number of halogens is 1. The second-order valence-corrected chi connectivity index (χ2v) is 9.41. The van der Waals surface area contributed by atoms with Gasteiger partial charge in [0.05, 0.1) is 35.2 Å². The zero-order valence-electron chi connectivity index (χ0n) is 17.4. The van der Waals surface area contributed by atoms with Gasteiger partial charge in [-0.2, -0.15) is 0 Å². The predicted octanol–water partition coefficient (Wildman–Crippen LogP) is 3.33. The van der Waals surface area contributed by atoms with E-state index in [2.05, 4.69) is 15.3 Å². The van der Waals surface area contributed by atoms with E-state index in [0.29, 0.717) is 11.6 Å². The van der Waals surface area contributed by atoms with Crippen LogP contribution in [0.3, 0.4) is 0 Å². The number of ether oxygens (including phenoxy) is 2. The van der Waals surface area contributed by atoms with E-state index >= 15 is 0 Å². The Hall–Kier alpha value is -2.59. The smallest absolute Gasteiger partial charge is 0.417 e. The molecule has 10 heteroatoms. The molecule has 3 aromatic rings. The molecular formula is C22H21ClN4O4S. The van der Waals surface area contributed by atoms with Crippen molar-refractivity contribution in [2.45, 2.75) is 26.0 Å². The molecule has 2 amide bonds. The minimum Gasteiger partial charge on any atom is -0.439 e. The van der Waals surface area contributed by atoms with Crippen molar-refractivity contribution in [3.63, 3.8) is 0 Å². The SMILES string of the molecule is Cc1cc(Cl)cc(-c2ncnc3cc(CN4C(=O)COC4=O)sc23)c1CC1CNCCO1. The zero-order valence-corrected chi connectivity index (χ0v) is 19.0. The molecule has 1 unspecified atom stereocenters. The molecule has 32 heavy (non-hydrogen) atoms. The summed E-state index contributed by atoms with van der Waals surface area (Å²) in [6.45, 7) is 4.34. The van der Waals surface area contributed by atoms with Gasteiger partial charge in [0.2, 0.25) is 0 Å². The molecule has 1 atom stereocenters. The molecular weight excluding hydrogens is 452 g/mol. The van der Waals surface area contributed by atoms with Crippen LogP contribution in [0.25, 0.3) is 21.5 Å². The molecule has 2 aromatic heterocycles. The van der Waals surface area contributed by atoms with Gasteiger partial charge in [-0.15, -0.1) is 11.3 Å². The molecule has 0 aliphatic carbocycles. The van der Waals surface area contributed by atoms with Gasteiger partial charge in [-0.1, -0.05) is 11.6 Å². The molecule has 0 spiro atoms. The first-order valence-corrected chi connectivity index (χ1v) is 11.5. The quantitative estimate of drug-likeness (QED) is 0.608. The Bertz CT molecular complexity index is 1190. The van der Waals surface area contributed by atoms with Crippen LogP contribution in [0.2, 0.25) is 5.02 Å². The Labute approximate surface area is 193 Å². The number of thiophene rings is 1. The number of morpholine rings is 1. The van der Waals surface area contributed by atoms with Crippen LogP contribution in [-0.2, 0) is 27.2 Å². The van der Waals surface area contributed by atoms with Crippen LogP contribution in [0.4, 0.5) is 4.79 Å². The van der Waals surface area contributed by atoms with Gasteiger partial charge in [-0.05, 0) is 36.2 Å². The molecule has 2 aliphatic heterocycles. The van der Waals surface area contributed by atoms with E-state index in [-0.39, 0.29) is 25.2 Å². The first-order chi connectivity index (χ1) is 15.5. The third-order valence-corrected chi connectivity index (χ3v) is 6.98. The summed E-state index contributed by atoms with van der Waals surface area (Å²) in [6.07, 6.45) is 1.73. The van der Waals surface area contributed by atoms with Crippen LogP contribution in [0.1, 0.15) is 16.0 Å². The first-order valence-electron chi connectivity index (χ1n) is 10.3. The normalized spacial score (nSPS) is 19.1. The van der Waals surface area contributed by atoms with Crippen LogP contribution in [0, 0.1) is 6.92 Å². The monoisotopic (exact) mass is 472 g/mol. The topological polar surface area (TPSA) is 93.7 Å².